The summed E-state index contributed by atoms with van der Waals surface area (Å²) in [6.45, 7) is 0.0513. The maximum Gasteiger partial charge on any atom is 0.441 e. The van der Waals surface area contributed by atoms with Gasteiger partial charge in [0.1, 0.15) is 0 Å². The molecule has 2 rings (SSSR count). The number of sulfonamides is 1. The molecule has 0 spiro atoms. The number of nitrogens with one attached hydrogen (secondary N) is 3. The Morgan fingerprint density at radius 1 is 1.43 bits per heavy atom. The number of thioether (sulfide) groups is 1. The minimum atomic E-state index is -4.36. The van der Waals surface area contributed by atoms with E-state index in [-0.39, 0.29) is 29.1 Å². The third-order valence-electron chi connectivity index (χ3n) is 2.77. The lowest BCUT2D eigenvalue weighted by molar-refractivity contribution is -0.0327. The molecule has 1 heterocycles. The Balaban J connectivity index is 1.88. The third-order valence-corrected chi connectivity index (χ3v) is 4.98. The standard InChI is InChI=1S/C10H15F3N4O2S2/c11-10(12,13)20-4-3-16-21(18,19)9-7(6-15-17-9)5-14-8-1-2-8/h6,8,14,16H,1-5H2,(H,15,17). The van der Waals surface area contributed by atoms with Crippen LogP contribution in [0.1, 0.15) is 18.4 Å². The summed E-state index contributed by atoms with van der Waals surface area (Å²) in [6, 6.07) is 0.409. The monoisotopic (exact) mass is 344 g/mol. The smallest absolute Gasteiger partial charge is 0.310 e. The van der Waals surface area contributed by atoms with Crippen molar-refractivity contribution in [2.24, 2.45) is 0 Å². The highest BCUT2D eigenvalue weighted by molar-refractivity contribution is 8.00. The predicted molar refractivity (Wildman–Crippen MR) is 72.2 cm³/mol. The van der Waals surface area contributed by atoms with Crippen molar-refractivity contribution in [1.82, 2.24) is 20.2 Å². The molecule has 0 bridgehead atoms. The van der Waals surface area contributed by atoms with Gasteiger partial charge in [0, 0.05) is 30.4 Å². The van der Waals surface area contributed by atoms with Crippen LogP contribution in [0.5, 0.6) is 0 Å². The van der Waals surface area contributed by atoms with E-state index in [1.807, 2.05) is 0 Å². The number of halogens is 3. The molecule has 6 nitrogen and oxygen atoms in total. The van der Waals surface area contributed by atoms with Crippen LogP contribution in [-0.2, 0) is 16.6 Å². The number of nitrogens with zero attached hydrogens (tertiary/aromatic N) is 1. The minimum Gasteiger partial charge on any atom is -0.310 e. The van der Waals surface area contributed by atoms with E-state index in [4.69, 9.17) is 0 Å². The van der Waals surface area contributed by atoms with Crippen LogP contribution in [0, 0.1) is 0 Å². The zero-order valence-corrected chi connectivity index (χ0v) is 12.5. The van der Waals surface area contributed by atoms with Crippen LogP contribution >= 0.6 is 11.8 Å². The molecular formula is C10H15F3N4O2S2. The van der Waals surface area contributed by atoms with Gasteiger partial charge >= 0.3 is 5.51 Å². The lowest BCUT2D eigenvalue weighted by Crippen LogP contribution is -2.28. The van der Waals surface area contributed by atoms with Gasteiger partial charge in [-0.3, -0.25) is 5.10 Å². The molecule has 1 aliphatic rings. The number of H-pyrrole nitrogens is 1. The van der Waals surface area contributed by atoms with Crippen molar-refractivity contribution in [2.45, 2.75) is 36.0 Å². The van der Waals surface area contributed by atoms with Gasteiger partial charge in [0.2, 0.25) is 0 Å². The van der Waals surface area contributed by atoms with E-state index in [1.54, 1.807) is 0 Å². The molecule has 3 N–H and O–H groups in total. The SMILES string of the molecule is O=S(=O)(NCCSC(F)(F)F)c1[nH]ncc1CNC1CC1. The quantitative estimate of drug-likeness (QED) is 0.617. The third kappa shape index (κ3) is 5.49. The maximum absolute atomic E-state index is 12.0. The fraction of sp³-hybridized carbons (Fsp3) is 0.700. The van der Waals surface area contributed by atoms with E-state index in [2.05, 4.69) is 20.2 Å². The molecule has 11 heteroatoms. The Morgan fingerprint density at radius 3 is 2.76 bits per heavy atom. The molecule has 1 aliphatic carbocycles. The topological polar surface area (TPSA) is 86.9 Å². The highest BCUT2D eigenvalue weighted by atomic mass is 32.2. The van der Waals surface area contributed by atoms with Crippen molar-refractivity contribution in [3.63, 3.8) is 0 Å². The van der Waals surface area contributed by atoms with E-state index in [9.17, 15) is 21.6 Å². The van der Waals surface area contributed by atoms with Crippen molar-refractivity contribution in [3.8, 4) is 0 Å². The van der Waals surface area contributed by atoms with Crippen LogP contribution in [0.3, 0.4) is 0 Å². The number of aromatic amines is 1. The van der Waals surface area contributed by atoms with Crippen molar-refractivity contribution >= 4 is 21.8 Å². The highest BCUT2D eigenvalue weighted by Crippen LogP contribution is 2.29. The van der Waals surface area contributed by atoms with E-state index >= 15 is 0 Å². The van der Waals surface area contributed by atoms with Gasteiger partial charge in [-0.05, 0) is 24.6 Å². The molecule has 0 unspecified atom stereocenters. The predicted octanol–water partition coefficient (Wildman–Crippen LogP) is 1.19. The number of hydrogen-bond donors (Lipinski definition) is 3. The molecule has 0 radical (unpaired) electrons. The van der Waals surface area contributed by atoms with Gasteiger partial charge in [0.25, 0.3) is 10.0 Å². The van der Waals surface area contributed by atoms with Crippen LogP contribution in [0.4, 0.5) is 13.2 Å². The summed E-state index contributed by atoms with van der Waals surface area (Å²) >= 11 is -0.267. The zero-order chi connectivity index (χ0) is 15.5. The van der Waals surface area contributed by atoms with Gasteiger partial charge in [-0.15, -0.1) is 0 Å². The van der Waals surface area contributed by atoms with Crippen molar-refractivity contribution in [3.05, 3.63) is 11.8 Å². The molecule has 0 aliphatic heterocycles. The molecule has 0 saturated heterocycles. The average molecular weight is 344 g/mol. The normalized spacial score (nSPS) is 16.3. The van der Waals surface area contributed by atoms with Crippen LogP contribution in [-0.4, -0.2) is 42.5 Å². The van der Waals surface area contributed by atoms with E-state index in [0.717, 1.165) is 12.8 Å². The maximum atomic E-state index is 12.0. The lowest BCUT2D eigenvalue weighted by atomic mass is 10.3. The van der Waals surface area contributed by atoms with Crippen LogP contribution in [0.25, 0.3) is 0 Å². The molecule has 1 aromatic heterocycles. The van der Waals surface area contributed by atoms with E-state index in [1.165, 1.54) is 6.20 Å². The van der Waals surface area contributed by atoms with Crippen molar-refractivity contribution in [2.75, 3.05) is 12.3 Å². The fourth-order valence-corrected chi connectivity index (χ4v) is 3.34. The first-order valence-corrected chi connectivity index (χ1v) is 8.71. The van der Waals surface area contributed by atoms with E-state index < -0.39 is 15.5 Å². The van der Waals surface area contributed by atoms with Crippen LogP contribution in [0.15, 0.2) is 11.2 Å². The van der Waals surface area contributed by atoms with Gasteiger partial charge in [-0.25, -0.2) is 13.1 Å². The summed E-state index contributed by atoms with van der Waals surface area (Å²) in [5.74, 6) is -0.382. The molecule has 120 valence electrons. The number of hydrogen-bond acceptors (Lipinski definition) is 5. The Hall–Kier alpha value is -0.780. The first-order valence-electron chi connectivity index (χ1n) is 6.24. The lowest BCUT2D eigenvalue weighted by Gasteiger charge is -2.08. The Labute approximate surface area is 124 Å². The second kappa shape index (κ2) is 6.55. The molecule has 21 heavy (non-hydrogen) atoms. The van der Waals surface area contributed by atoms with Gasteiger partial charge in [-0.1, -0.05) is 0 Å². The molecule has 0 amide bonds. The molecule has 0 aromatic carbocycles. The molecule has 1 saturated carbocycles. The average Bonchev–Trinajstić information content (AvgIpc) is 3.07. The van der Waals surface area contributed by atoms with Crippen LogP contribution in [0.2, 0.25) is 0 Å². The molecule has 0 atom stereocenters. The van der Waals surface area contributed by atoms with Gasteiger partial charge in [0.15, 0.2) is 5.03 Å². The van der Waals surface area contributed by atoms with Crippen molar-refractivity contribution < 1.29 is 21.6 Å². The summed E-state index contributed by atoms with van der Waals surface area (Å²) in [7, 11) is -3.88. The Kier molecular flexibility index (Phi) is 5.17. The molecular weight excluding hydrogens is 329 g/mol. The zero-order valence-electron chi connectivity index (χ0n) is 10.9. The number of aromatic nitrogens is 2. The Bertz CT molecular complexity index is 569. The molecule has 1 aromatic rings. The summed E-state index contributed by atoms with van der Waals surface area (Å²) in [4.78, 5) is 0. The highest BCUT2D eigenvalue weighted by Gasteiger charge is 2.28. The minimum absolute atomic E-state index is 0.104. The van der Waals surface area contributed by atoms with Crippen molar-refractivity contribution in [1.29, 1.82) is 0 Å². The van der Waals surface area contributed by atoms with Gasteiger partial charge in [0.05, 0.1) is 6.20 Å². The van der Waals surface area contributed by atoms with Crippen LogP contribution < -0.4 is 10.0 Å². The largest absolute Gasteiger partial charge is 0.441 e. The number of alkyl halides is 3. The second-order valence-electron chi connectivity index (χ2n) is 4.57. The fourth-order valence-electron chi connectivity index (χ4n) is 1.61. The number of rotatable bonds is 8. The summed E-state index contributed by atoms with van der Waals surface area (Å²) < 4.78 is 62.0. The summed E-state index contributed by atoms with van der Waals surface area (Å²) in [5.41, 5.74) is -3.89. The first kappa shape index (κ1) is 16.6. The van der Waals surface area contributed by atoms with Gasteiger partial charge < -0.3 is 5.32 Å². The molecule has 1 fully saturated rings. The van der Waals surface area contributed by atoms with E-state index in [0.29, 0.717) is 18.2 Å². The first-order chi connectivity index (χ1) is 9.78. The van der Waals surface area contributed by atoms with Gasteiger partial charge in [-0.2, -0.15) is 18.3 Å². The summed E-state index contributed by atoms with van der Waals surface area (Å²) in [5, 5.41) is 9.11. The Morgan fingerprint density at radius 2 is 2.14 bits per heavy atom. The second-order valence-corrected chi connectivity index (χ2v) is 7.44. The summed E-state index contributed by atoms with van der Waals surface area (Å²) in [6.07, 6.45) is 3.52.